The maximum Gasteiger partial charge on any atom is 0.252 e. The van der Waals surface area contributed by atoms with Crippen LogP contribution in [0.5, 0.6) is 0 Å². The molecule has 32 heavy (non-hydrogen) atoms. The monoisotopic (exact) mass is 454 g/mol. The largest absolute Gasteiger partial charge is 0.376 e. The van der Waals surface area contributed by atoms with Gasteiger partial charge in [-0.05, 0) is 32.3 Å². The Morgan fingerprint density at radius 3 is 2.75 bits per heavy atom. The number of rotatable bonds is 5. The van der Waals surface area contributed by atoms with Gasteiger partial charge in [0, 0.05) is 18.7 Å². The summed E-state index contributed by atoms with van der Waals surface area (Å²) in [6.45, 7) is 3.02. The van der Waals surface area contributed by atoms with E-state index in [0.717, 1.165) is 25.0 Å². The molecule has 2 fully saturated rings. The highest BCUT2D eigenvalue weighted by atomic mass is 32.2. The first kappa shape index (κ1) is 21.1. The molecule has 0 radical (unpaired) electrons. The maximum absolute atomic E-state index is 13.3. The molecule has 8 nitrogen and oxygen atoms in total. The van der Waals surface area contributed by atoms with Crippen molar-refractivity contribution in [3.05, 3.63) is 47.7 Å². The number of benzene rings is 1. The van der Waals surface area contributed by atoms with Gasteiger partial charge in [0.2, 0.25) is 0 Å². The Morgan fingerprint density at radius 2 is 2.06 bits per heavy atom. The first-order valence-corrected chi connectivity index (χ1v) is 12.8. The molecule has 0 aliphatic carbocycles. The van der Waals surface area contributed by atoms with Crippen LogP contribution in [-0.4, -0.2) is 59.9 Å². The third kappa shape index (κ3) is 4.02. The van der Waals surface area contributed by atoms with Crippen molar-refractivity contribution in [2.45, 2.75) is 38.3 Å². The van der Waals surface area contributed by atoms with Gasteiger partial charge in [0.15, 0.2) is 15.5 Å². The number of carbonyl (C=O) groups is 1. The molecule has 1 amide bonds. The van der Waals surface area contributed by atoms with Gasteiger partial charge in [0.05, 0.1) is 46.0 Å². The Balaban J connectivity index is 1.60. The first-order chi connectivity index (χ1) is 15.4. The van der Waals surface area contributed by atoms with Gasteiger partial charge in [-0.3, -0.25) is 4.79 Å². The van der Waals surface area contributed by atoms with Crippen molar-refractivity contribution in [1.29, 1.82) is 0 Å². The molecular weight excluding hydrogens is 428 g/mol. The topological polar surface area (TPSA) is 103 Å². The number of sulfone groups is 1. The van der Waals surface area contributed by atoms with Gasteiger partial charge in [0.25, 0.3) is 5.91 Å². The fourth-order valence-electron chi connectivity index (χ4n) is 4.58. The van der Waals surface area contributed by atoms with Crippen LogP contribution in [0.25, 0.3) is 22.3 Å². The zero-order valence-corrected chi connectivity index (χ0v) is 18.8. The molecule has 2 atom stereocenters. The molecule has 2 aliphatic heterocycles. The molecule has 0 unspecified atom stereocenters. The van der Waals surface area contributed by atoms with Crippen molar-refractivity contribution in [1.82, 2.24) is 20.1 Å². The van der Waals surface area contributed by atoms with Gasteiger partial charge in [-0.2, -0.15) is 5.10 Å². The molecule has 2 aromatic heterocycles. The van der Waals surface area contributed by atoms with Crippen molar-refractivity contribution >= 4 is 26.8 Å². The van der Waals surface area contributed by atoms with E-state index in [9.17, 15) is 13.2 Å². The van der Waals surface area contributed by atoms with Crippen LogP contribution in [0.2, 0.25) is 0 Å². The summed E-state index contributed by atoms with van der Waals surface area (Å²) >= 11 is 0. The summed E-state index contributed by atoms with van der Waals surface area (Å²) in [5, 5.41) is 8.31. The number of amides is 1. The molecule has 0 saturated carbocycles. The Bertz CT molecular complexity index is 1260. The van der Waals surface area contributed by atoms with Crippen molar-refractivity contribution in [3.63, 3.8) is 0 Å². The van der Waals surface area contributed by atoms with Gasteiger partial charge in [-0.15, -0.1) is 0 Å². The number of aromatic nitrogens is 3. The van der Waals surface area contributed by atoms with E-state index in [1.807, 2.05) is 37.3 Å². The first-order valence-electron chi connectivity index (χ1n) is 11.0. The molecule has 2 aliphatic rings. The van der Waals surface area contributed by atoms with E-state index in [2.05, 4.69) is 10.4 Å². The van der Waals surface area contributed by atoms with E-state index >= 15 is 0 Å². The highest BCUT2D eigenvalue weighted by Crippen LogP contribution is 2.32. The van der Waals surface area contributed by atoms with Crippen LogP contribution < -0.4 is 5.32 Å². The third-order valence-electron chi connectivity index (χ3n) is 6.22. The van der Waals surface area contributed by atoms with Crippen LogP contribution in [0.1, 0.15) is 41.4 Å². The average Bonchev–Trinajstić information content (AvgIpc) is 3.51. The Hall–Kier alpha value is -2.78. The Labute approximate surface area is 186 Å². The van der Waals surface area contributed by atoms with E-state index in [4.69, 9.17) is 9.72 Å². The predicted molar refractivity (Wildman–Crippen MR) is 121 cm³/mol. The number of aryl methyl sites for hydroxylation is 1. The number of pyridine rings is 1. The molecule has 1 aromatic carbocycles. The second-order valence-electron chi connectivity index (χ2n) is 8.55. The average molecular weight is 455 g/mol. The van der Waals surface area contributed by atoms with Crippen LogP contribution >= 0.6 is 0 Å². The third-order valence-corrected chi connectivity index (χ3v) is 7.97. The van der Waals surface area contributed by atoms with Gasteiger partial charge in [0.1, 0.15) is 0 Å². The Morgan fingerprint density at radius 1 is 1.25 bits per heavy atom. The molecule has 2 saturated heterocycles. The molecule has 168 valence electrons. The SMILES string of the molecule is Cc1nn([C@H]2CCS(=O)(=O)C2)c2nc(-c3ccccc3)cc(C(=O)NC[C@H]3CCCO3)c12. The zero-order valence-electron chi connectivity index (χ0n) is 18.0. The number of hydrogen-bond donors (Lipinski definition) is 1. The lowest BCUT2D eigenvalue weighted by Gasteiger charge is -2.14. The van der Waals surface area contributed by atoms with Crippen molar-refractivity contribution < 1.29 is 17.9 Å². The summed E-state index contributed by atoms with van der Waals surface area (Å²) in [7, 11) is -3.09. The molecule has 9 heteroatoms. The number of hydrogen-bond acceptors (Lipinski definition) is 6. The number of carbonyl (C=O) groups excluding carboxylic acids is 1. The van der Waals surface area contributed by atoms with Crippen molar-refractivity contribution in [3.8, 4) is 11.3 Å². The fraction of sp³-hybridized carbons (Fsp3) is 0.435. The second-order valence-corrected chi connectivity index (χ2v) is 10.8. The zero-order chi connectivity index (χ0) is 22.3. The van der Waals surface area contributed by atoms with Gasteiger partial charge in [-0.25, -0.2) is 18.1 Å². The van der Waals surface area contributed by atoms with Crippen molar-refractivity contribution in [2.24, 2.45) is 0 Å². The van der Waals surface area contributed by atoms with E-state index in [-0.39, 0.29) is 29.6 Å². The maximum atomic E-state index is 13.3. The summed E-state index contributed by atoms with van der Waals surface area (Å²) in [5.41, 5.74) is 3.25. The summed E-state index contributed by atoms with van der Waals surface area (Å²) in [4.78, 5) is 18.1. The number of nitrogens with zero attached hydrogens (tertiary/aromatic N) is 3. The highest BCUT2D eigenvalue weighted by Gasteiger charge is 2.32. The summed E-state index contributed by atoms with van der Waals surface area (Å²) in [6, 6.07) is 11.2. The molecule has 0 bridgehead atoms. The second kappa shape index (κ2) is 8.29. The minimum atomic E-state index is -3.09. The molecular formula is C23H26N4O4S. The van der Waals surface area contributed by atoms with E-state index in [0.29, 0.717) is 41.0 Å². The van der Waals surface area contributed by atoms with Crippen LogP contribution in [0, 0.1) is 6.92 Å². The molecule has 3 aromatic rings. The van der Waals surface area contributed by atoms with Crippen LogP contribution in [0.3, 0.4) is 0 Å². The lowest BCUT2D eigenvalue weighted by Crippen LogP contribution is -2.32. The van der Waals surface area contributed by atoms with E-state index in [1.54, 1.807) is 10.7 Å². The number of nitrogens with one attached hydrogen (secondary N) is 1. The van der Waals surface area contributed by atoms with Gasteiger partial charge < -0.3 is 10.1 Å². The minimum absolute atomic E-state index is 0.0392. The highest BCUT2D eigenvalue weighted by molar-refractivity contribution is 7.91. The Kier molecular flexibility index (Phi) is 5.46. The molecule has 1 N–H and O–H groups in total. The molecule has 0 spiro atoms. The summed E-state index contributed by atoms with van der Waals surface area (Å²) in [6.07, 6.45) is 2.48. The quantitative estimate of drug-likeness (QED) is 0.636. The smallest absolute Gasteiger partial charge is 0.252 e. The van der Waals surface area contributed by atoms with Crippen LogP contribution in [0.15, 0.2) is 36.4 Å². The predicted octanol–water partition coefficient (Wildman–Crippen LogP) is 2.68. The molecule has 4 heterocycles. The standard InChI is InChI=1S/C23H26N4O4S/c1-15-21-19(23(28)24-13-18-8-5-10-31-18)12-20(16-6-3-2-4-7-16)25-22(21)27(26-15)17-9-11-32(29,30)14-17/h2-4,6-7,12,17-18H,5,8-11,13-14H2,1H3,(H,24,28)/t17-,18+/m0/s1. The number of ether oxygens (including phenoxy) is 1. The van der Waals surface area contributed by atoms with E-state index < -0.39 is 9.84 Å². The number of fused-ring (bicyclic) bond motifs is 1. The summed E-state index contributed by atoms with van der Waals surface area (Å²) in [5.74, 6) is -0.0154. The van der Waals surface area contributed by atoms with E-state index in [1.165, 1.54) is 0 Å². The van der Waals surface area contributed by atoms with Crippen LogP contribution in [-0.2, 0) is 14.6 Å². The fourth-order valence-corrected chi connectivity index (χ4v) is 6.27. The van der Waals surface area contributed by atoms with Crippen molar-refractivity contribution in [2.75, 3.05) is 24.7 Å². The minimum Gasteiger partial charge on any atom is -0.376 e. The molecule has 5 rings (SSSR count). The van der Waals surface area contributed by atoms with Gasteiger partial charge in [-0.1, -0.05) is 30.3 Å². The lowest BCUT2D eigenvalue weighted by molar-refractivity contribution is 0.0859. The van der Waals surface area contributed by atoms with Crippen LogP contribution in [0.4, 0.5) is 0 Å². The van der Waals surface area contributed by atoms with Gasteiger partial charge >= 0.3 is 0 Å². The lowest BCUT2D eigenvalue weighted by atomic mass is 10.0. The normalized spacial score (nSPS) is 22.4. The summed E-state index contributed by atoms with van der Waals surface area (Å²) < 4.78 is 31.5.